The Hall–Kier alpha value is -2.86. The lowest BCUT2D eigenvalue weighted by Gasteiger charge is -1.98. The van der Waals surface area contributed by atoms with Gasteiger partial charge in [-0.3, -0.25) is 0 Å². The van der Waals surface area contributed by atoms with Crippen LogP contribution in [0, 0.1) is 0 Å². The minimum Gasteiger partial charge on any atom is -0.454 e. The molecule has 2 aromatic carbocycles. The van der Waals surface area contributed by atoms with Crippen LogP contribution in [-0.4, -0.2) is 21.4 Å². The van der Waals surface area contributed by atoms with Crippen molar-refractivity contribution in [1.82, 2.24) is 14.6 Å². The highest BCUT2D eigenvalue weighted by Crippen LogP contribution is 2.37. The first-order valence-corrected chi connectivity index (χ1v) is 8.00. The standard InChI is InChI=1S/C17H11N3O2S/c1-2-4-11(5-3-1)13-9-20-17(18-13)23-16(19-20)12-6-7-14-15(8-12)22-10-21-14/h1-9H,10H2. The van der Waals surface area contributed by atoms with Crippen LogP contribution < -0.4 is 9.47 Å². The largest absolute Gasteiger partial charge is 0.454 e. The topological polar surface area (TPSA) is 48.7 Å². The lowest BCUT2D eigenvalue weighted by Crippen LogP contribution is -1.92. The summed E-state index contributed by atoms with van der Waals surface area (Å²) in [7, 11) is 0. The third kappa shape index (κ3) is 2.07. The van der Waals surface area contributed by atoms with E-state index in [1.54, 1.807) is 11.3 Å². The normalized spacial score (nSPS) is 12.9. The molecule has 6 heteroatoms. The van der Waals surface area contributed by atoms with Gasteiger partial charge in [0.15, 0.2) is 11.5 Å². The highest BCUT2D eigenvalue weighted by Gasteiger charge is 2.16. The predicted octanol–water partition coefficient (Wildman–Crippen LogP) is 3.85. The van der Waals surface area contributed by atoms with Crippen LogP contribution in [0.3, 0.4) is 0 Å². The van der Waals surface area contributed by atoms with E-state index in [0.29, 0.717) is 0 Å². The molecule has 1 aliphatic rings. The molecule has 4 aromatic rings. The molecule has 0 saturated heterocycles. The average Bonchev–Trinajstić information content (AvgIpc) is 3.28. The number of benzene rings is 2. The monoisotopic (exact) mass is 321 g/mol. The van der Waals surface area contributed by atoms with Crippen LogP contribution in [0.4, 0.5) is 0 Å². The highest BCUT2D eigenvalue weighted by atomic mass is 32.1. The molecule has 5 rings (SSSR count). The van der Waals surface area contributed by atoms with Gasteiger partial charge in [-0.05, 0) is 18.2 Å². The summed E-state index contributed by atoms with van der Waals surface area (Å²) in [5.41, 5.74) is 3.03. The van der Waals surface area contributed by atoms with Gasteiger partial charge in [-0.25, -0.2) is 9.50 Å². The van der Waals surface area contributed by atoms with Crippen molar-refractivity contribution < 1.29 is 9.47 Å². The fourth-order valence-electron chi connectivity index (χ4n) is 2.59. The predicted molar refractivity (Wildman–Crippen MR) is 87.9 cm³/mol. The van der Waals surface area contributed by atoms with Gasteiger partial charge in [0.2, 0.25) is 11.8 Å². The lowest BCUT2D eigenvalue weighted by molar-refractivity contribution is 0.174. The van der Waals surface area contributed by atoms with Crippen molar-refractivity contribution in [1.29, 1.82) is 0 Å². The smallest absolute Gasteiger partial charge is 0.231 e. The Balaban J connectivity index is 1.55. The van der Waals surface area contributed by atoms with Crippen molar-refractivity contribution in [2.75, 3.05) is 6.79 Å². The maximum absolute atomic E-state index is 5.43. The van der Waals surface area contributed by atoms with Gasteiger partial charge in [0.05, 0.1) is 11.9 Å². The van der Waals surface area contributed by atoms with Crippen LogP contribution in [0.5, 0.6) is 11.5 Å². The number of nitrogens with zero attached hydrogens (tertiary/aromatic N) is 3. The third-order valence-corrected chi connectivity index (χ3v) is 4.70. The Kier molecular flexibility index (Phi) is 2.65. The number of hydrogen-bond donors (Lipinski definition) is 0. The number of aromatic nitrogens is 3. The number of rotatable bonds is 2. The van der Waals surface area contributed by atoms with Crippen LogP contribution in [0.1, 0.15) is 0 Å². The molecule has 23 heavy (non-hydrogen) atoms. The first kappa shape index (κ1) is 12.7. The number of ether oxygens (including phenoxy) is 2. The van der Waals surface area contributed by atoms with E-state index in [-0.39, 0.29) is 6.79 Å². The van der Waals surface area contributed by atoms with E-state index in [9.17, 15) is 0 Å². The van der Waals surface area contributed by atoms with Gasteiger partial charge >= 0.3 is 0 Å². The summed E-state index contributed by atoms with van der Waals surface area (Å²) in [4.78, 5) is 5.54. The third-order valence-electron chi connectivity index (χ3n) is 3.73. The number of fused-ring (bicyclic) bond motifs is 2. The Morgan fingerprint density at radius 1 is 0.957 bits per heavy atom. The second-order valence-corrected chi connectivity index (χ2v) is 6.15. The molecular formula is C17H11N3O2S. The van der Waals surface area contributed by atoms with Crippen molar-refractivity contribution in [2.24, 2.45) is 0 Å². The Morgan fingerprint density at radius 2 is 1.83 bits per heavy atom. The minimum absolute atomic E-state index is 0.278. The Labute approximate surface area is 135 Å². The molecule has 0 unspecified atom stereocenters. The number of hydrogen-bond acceptors (Lipinski definition) is 5. The summed E-state index contributed by atoms with van der Waals surface area (Å²) in [5.74, 6) is 1.54. The SMILES string of the molecule is c1ccc(-c2cn3nc(-c4ccc5c(c4)OCO5)sc3n2)cc1. The van der Waals surface area contributed by atoms with Crippen molar-refractivity contribution in [3.63, 3.8) is 0 Å². The van der Waals surface area contributed by atoms with Crippen molar-refractivity contribution in [2.45, 2.75) is 0 Å². The van der Waals surface area contributed by atoms with E-state index >= 15 is 0 Å². The summed E-state index contributed by atoms with van der Waals surface area (Å²) in [6.45, 7) is 0.278. The summed E-state index contributed by atoms with van der Waals surface area (Å²) < 4.78 is 12.6. The van der Waals surface area contributed by atoms with E-state index < -0.39 is 0 Å². The highest BCUT2D eigenvalue weighted by molar-refractivity contribution is 7.19. The molecule has 1 aliphatic heterocycles. The summed E-state index contributed by atoms with van der Waals surface area (Å²) in [6.07, 6.45) is 1.96. The molecule has 0 N–H and O–H groups in total. The van der Waals surface area contributed by atoms with Gasteiger partial charge < -0.3 is 9.47 Å². The molecule has 2 aromatic heterocycles. The van der Waals surface area contributed by atoms with Crippen LogP contribution in [0.2, 0.25) is 0 Å². The molecular weight excluding hydrogens is 310 g/mol. The van der Waals surface area contributed by atoms with Gasteiger partial charge in [0.25, 0.3) is 0 Å². The second-order valence-electron chi connectivity index (χ2n) is 5.19. The zero-order chi connectivity index (χ0) is 15.2. The van der Waals surface area contributed by atoms with Gasteiger partial charge in [0, 0.05) is 11.1 Å². The molecule has 0 atom stereocenters. The zero-order valence-electron chi connectivity index (χ0n) is 12.0. The van der Waals surface area contributed by atoms with E-state index in [2.05, 4.69) is 10.1 Å². The molecule has 0 spiro atoms. The second kappa shape index (κ2) is 4.82. The molecule has 112 valence electrons. The molecule has 3 heterocycles. The molecule has 0 radical (unpaired) electrons. The fourth-order valence-corrected chi connectivity index (χ4v) is 3.47. The molecule has 0 saturated carbocycles. The fraction of sp³-hybridized carbons (Fsp3) is 0.0588. The average molecular weight is 321 g/mol. The first-order valence-electron chi connectivity index (χ1n) is 7.18. The van der Waals surface area contributed by atoms with Crippen LogP contribution >= 0.6 is 11.3 Å². The van der Waals surface area contributed by atoms with Gasteiger partial charge in [0.1, 0.15) is 5.01 Å². The van der Waals surface area contributed by atoms with E-state index in [4.69, 9.17) is 9.47 Å². The molecule has 0 bridgehead atoms. The maximum Gasteiger partial charge on any atom is 0.231 e. The minimum atomic E-state index is 0.278. The van der Waals surface area contributed by atoms with E-state index in [1.807, 2.05) is 59.2 Å². The van der Waals surface area contributed by atoms with Crippen LogP contribution in [0.15, 0.2) is 54.7 Å². The van der Waals surface area contributed by atoms with Gasteiger partial charge in [-0.1, -0.05) is 41.7 Å². The van der Waals surface area contributed by atoms with Crippen molar-refractivity contribution in [3.05, 3.63) is 54.7 Å². The van der Waals surface area contributed by atoms with Crippen LogP contribution in [-0.2, 0) is 0 Å². The Bertz CT molecular complexity index is 976. The summed E-state index contributed by atoms with van der Waals surface area (Å²) in [6, 6.07) is 16.0. The quantitative estimate of drug-likeness (QED) is 0.562. The van der Waals surface area contributed by atoms with E-state index in [0.717, 1.165) is 38.3 Å². The van der Waals surface area contributed by atoms with Gasteiger partial charge in [-0.2, -0.15) is 5.10 Å². The van der Waals surface area contributed by atoms with Gasteiger partial charge in [-0.15, -0.1) is 0 Å². The first-order chi connectivity index (χ1) is 11.4. The summed E-state index contributed by atoms with van der Waals surface area (Å²) >= 11 is 1.56. The molecule has 0 aliphatic carbocycles. The van der Waals surface area contributed by atoms with E-state index in [1.165, 1.54) is 0 Å². The maximum atomic E-state index is 5.43. The van der Waals surface area contributed by atoms with Crippen LogP contribution in [0.25, 0.3) is 26.8 Å². The molecule has 0 fully saturated rings. The van der Waals surface area contributed by atoms with Crippen molar-refractivity contribution in [3.8, 4) is 33.3 Å². The lowest BCUT2D eigenvalue weighted by atomic mass is 10.2. The molecule has 5 nitrogen and oxygen atoms in total. The molecule has 0 amide bonds. The Morgan fingerprint density at radius 3 is 2.70 bits per heavy atom. The number of imidazole rings is 1. The zero-order valence-corrected chi connectivity index (χ0v) is 12.8. The summed E-state index contributed by atoms with van der Waals surface area (Å²) in [5, 5.41) is 5.54. The van der Waals surface area contributed by atoms with Crippen molar-refractivity contribution >= 4 is 16.3 Å².